The highest BCUT2D eigenvalue weighted by Gasteiger charge is 2.36. The van der Waals surface area contributed by atoms with Gasteiger partial charge in [0, 0.05) is 26.4 Å². The number of hydrogen-bond acceptors (Lipinski definition) is 8. The molecule has 4 rings (SSSR count). The minimum Gasteiger partial charge on any atom is -0.508 e. The second kappa shape index (κ2) is 23.4. The van der Waals surface area contributed by atoms with Crippen molar-refractivity contribution in [3.63, 3.8) is 0 Å². The Morgan fingerprint density at radius 3 is 2.03 bits per heavy atom. The summed E-state index contributed by atoms with van der Waals surface area (Å²) in [6.45, 7) is 5.28. The highest BCUT2D eigenvalue weighted by Crippen LogP contribution is 2.16. The Balaban J connectivity index is 1.65. The van der Waals surface area contributed by atoms with Gasteiger partial charge in [0.15, 0.2) is 0 Å². The molecule has 16 nitrogen and oxygen atoms in total. The van der Waals surface area contributed by atoms with Crippen molar-refractivity contribution in [2.24, 2.45) is 5.92 Å². The molecule has 3 aromatic rings. The van der Waals surface area contributed by atoms with Gasteiger partial charge in [-0.25, -0.2) is 9.59 Å². The molecule has 0 radical (unpaired) electrons. The normalized spacial score (nSPS) is 22.1. The van der Waals surface area contributed by atoms with Crippen LogP contribution in [0.5, 0.6) is 5.75 Å². The number of rotatable bonds is 12. The third-order valence-corrected chi connectivity index (χ3v) is 11.0. The second-order valence-electron chi connectivity index (χ2n) is 15.6. The van der Waals surface area contributed by atoms with Crippen LogP contribution in [0, 0.1) is 5.92 Å². The number of phenols is 1. The van der Waals surface area contributed by atoms with E-state index in [1.54, 1.807) is 49.4 Å². The molecule has 328 valence electrons. The number of aliphatic carboxylic acids is 1. The number of carbonyl (C=O) groups is 7. The Hall–Kier alpha value is -6.45. The highest BCUT2D eigenvalue weighted by molar-refractivity contribution is 5.96. The second-order valence-corrected chi connectivity index (χ2v) is 15.6. The van der Waals surface area contributed by atoms with Gasteiger partial charge in [-0.05, 0) is 73.8 Å². The summed E-state index contributed by atoms with van der Waals surface area (Å²) in [5.74, 6) is -4.66. The summed E-state index contributed by atoms with van der Waals surface area (Å²) in [5.41, 5.74) is 2.24. The van der Waals surface area contributed by atoms with Crippen molar-refractivity contribution >= 4 is 41.5 Å². The Kier molecular flexibility index (Phi) is 18.1. The van der Waals surface area contributed by atoms with Gasteiger partial charge < -0.3 is 47.0 Å². The summed E-state index contributed by atoms with van der Waals surface area (Å²) in [5, 5.41) is 36.1. The average Bonchev–Trinajstić information content (AvgIpc) is 3.25. The molecule has 0 bridgehead atoms. The highest BCUT2D eigenvalue weighted by atomic mass is 16.4. The molecule has 0 spiro atoms. The van der Waals surface area contributed by atoms with E-state index in [0.29, 0.717) is 31.2 Å². The van der Waals surface area contributed by atoms with Crippen molar-refractivity contribution < 1.29 is 43.8 Å². The Labute approximate surface area is 356 Å². The number of carboxylic acids is 1. The lowest BCUT2D eigenvalue weighted by Crippen LogP contribution is -2.60. The van der Waals surface area contributed by atoms with Crippen molar-refractivity contribution in [1.29, 1.82) is 0 Å². The first-order valence-electron chi connectivity index (χ1n) is 20.8. The number of hydrogen-bond donors (Lipinski definition) is 8. The maximum absolute atomic E-state index is 14.3. The van der Waals surface area contributed by atoms with Crippen molar-refractivity contribution in [2.75, 3.05) is 13.6 Å². The molecule has 1 fully saturated rings. The van der Waals surface area contributed by atoms with E-state index < -0.39 is 83.7 Å². The first-order valence-corrected chi connectivity index (χ1v) is 20.8. The third-order valence-electron chi connectivity index (χ3n) is 11.0. The number of phenolic OH excluding ortho intramolecular Hbond substituents is 1. The van der Waals surface area contributed by atoms with Crippen LogP contribution >= 0.6 is 0 Å². The first kappa shape index (κ1) is 47.2. The fourth-order valence-electron chi connectivity index (χ4n) is 6.90. The van der Waals surface area contributed by atoms with Gasteiger partial charge in [-0.15, -0.1) is 0 Å². The number of aryl methyl sites for hydroxylation is 1. The molecule has 7 atom stereocenters. The lowest BCUT2D eigenvalue weighted by atomic mass is 9.96. The van der Waals surface area contributed by atoms with Gasteiger partial charge >= 0.3 is 12.0 Å². The van der Waals surface area contributed by atoms with Crippen LogP contribution < -0.4 is 31.9 Å². The van der Waals surface area contributed by atoms with E-state index in [1.807, 2.05) is 37.3 Å². The number of benzene rings is 3. The Bertz CT molecular complexity index is 1950. The molecule has 0 unspecified atom stereocenters. The zero-order valence-corrected chi connectivity index (χ0v) is 35.2. The summed E-state index contributed by atoms with van der Waals surface area (Å²) < 4.78 is 0. The molecule has 1 aliphatic rings. The van der Waals surface area contributed by atoms with E-state index in [2.05, 4.69) is 31.9 Å². The Morgan fingerprint density at radius 1 is 0.787 bits per heavy atom. The molecule has 16 heteroatoms. The Morgan fingerprint density at radius 2 is 1.41 bits per heavy atom. The molecule has 1 saturated heterocycles. The number of carbonyl (C=O) groups excluding carboxylic acids is 6. The number of likely N-dealkylation sites (N-methyl/N-ethyl adjacent to an activating group) is 1. The summed E-state index contributed by atoms with van der Waals surface area (Å²) in [7, 11) is 1.44. The van der Waals surface area contributed by atoms with E-state index in [-0.39, 0.29) is 38.0 Å². The van der Waals surface area contributed by atoms with Crippen molar-refractivity contribution in [3.8, 4) is 5.75 Å². The molecule has 1 aliphatic heterocycles. The van der Waals surface area contributed by atoms with Crippen LogP contribution in [0.25, 0.3) is 0 Å². The standard InChI is InChI=1S/C45H59N7O9/c1-5-28(2)38-42(57)47-35(24-21-30-19-22-33(53)23-20-30)43(58)52(4)29(3)39(54)48-36(26-31-14-8-6-9-15-31)40(55)46-25-13-12-18-34(41(56)51-38)49-45(61)50-37(44(59)60)27-32-16-10-7-11-17-32/h6-11,14-17,19-20,22-23,28-29,34-38,53H,5,12-13,18,21,24-27H2,1-4H3,(H,46,55)(H,47,57)(H,48,54)(H,51,56)(H,59,60)(H2,49,50,61)/t28-,29-,34+,35-,36-,37+,38-/m0/s1. The SMILES string of the molecule is CC[C@H](C)[C@@H]1NC(=O)[C@H](NC(=O)N[C@H](Cc2ccccc2)C(=O)O)CCCCNC(=O)[C@H](Cc2ccccc2)NC(=O)[C@H](C)N(C)C(=O)[C@H](CCc2ccc(O)cc2)NC1=O. The molecular weight excluding hydrogens is 783 g/mol. The van der Waals surface area contributed by atoms with Gasteiger partial charge in [0.05, 0.1) is 0 Å². The van der Waals surface area contributed by atoms with E-state index in [0.717, 1.165) is 11.1 Å². The molecule has 3 aromatic carbocycles. The van der Waals surface area contributed by atoms with Crippen molar-refractivity contribution in [3.05, 3.63) is 102 Å². The van der Waals surface area contributed by atoms with Gasteiger partial charge in [0.2, 0.25) is 29.5 Å². The van der Waals surface area contributed by atoms with E-state index in [1.165, 1.54) is 31.0 Å². The number of urea groups is 1. The zero-order chi connectivity index (χ0) is 44.5. The van der Waals surface area contributed by atoms with Gasteiger partial charge in [0.1, 0.15) is 42.0 Å². The summed E-state index contributed by atoms with van der Waals surface area (Å²) in [6.07, 6.45) is 1.72. The number of carboxylic acid groups (broad SMARTS) is 1. The van der Waals surface area contributed by atoms with Gasteiger partial charge in [-0.2, -0.15) is 0 Å². The number of amides is 7. The maximum atomic E-state index is 14.3. The molecule has 0 saturated carbocycles. The summed E-state index contributed by atoms with van der Waals surface area (Å²) in [4.78, 5) is 96.7. The smallest absolute Gasteiger partial charge is 0.326 e. The average molecular weight is 842 g/mol. The molecule has 61 heavy (non-hydrogen) atoms. The van der Waals surface area contributed by atoms with E-state index in [4.69, 9.17) is 0 Å². The maximum Gasteiger partial charge on any atom is 0.326 e. The van der Waals surface area contributed by atoms with Gasteiger partial charge in [-0.3, -0.25) is 24.0 Å². The predicted octanol–water partition coefficient (Wildman–Crippen LogP) is 2.58. The monoisotopic (exact) mass is 841 g/mol. The van der Waals surface area contributed by atoms with Crippen LogP contribution in [-0.2, 0) is 48.0 Å². The number of nitrogens with zero attached hydrogens (tertiary/aromatic N) is 1. The van der Waals surface area contributed by atoms with Crippen LogP contribution in [0.3, 0.4) is 0 Å². The fourth-order valence-corrected chi connectivity index (χ4v) is 6.90. The summed E-state index contributed by atoms with van der Waals surface area (Å²) in [6, 6.07) is 16.4. The van der Waals surface area contributed by atoms with Crippen LogP contribution in [0.1, 0.15) is 69.6 Å². The van der Waals surface area contributed by atoms with E-state index in [9.17, 15) is 43.8 Å². The van der Waals surface area contributed by atoms with Crippen LogP contribution in [-0.4, -0.2) is 106 Å². The molecule has 1 heterocycles. The van der Waals surface area contributed by atoms with Gasteiger partial charge in [0.25, 0.3) is 0 Å². The van der Waals surface area contributed by atoms with Crippen molar-refractivity contribution in [2.45, 2.75) is 108 Å². The lowest BCUT2D eigenvalue weighted by molar-refractivity contribution is -0.142. The van der Waals surface area contributed by atoms with Crippen LogP contribution in [0.2, 0.25) is 0 Å². The minimum absolute atomic E-state index is 0.0112. The largest absolute Gasteiger partial charge is 0.508 e. The molecule has 7 amide bonds. The topological polar surface area (TPSA) is 235 Å². The fraction of sp³-hybridized carbons (Fsp3) is 0.444. The third kappa shape index (κ3) is 14.7. The summed E-state index contributed by atoms with van der Waals surface area (Å²) >= 11 is 0. The number of aromatic hydroxyl groups is 1. The minimum atomic E-state index is -1.32. The predicted molar refractivity (Wildman–Crippen MR) is 228 cm³/mol. The molecular formula is C45H59N7O9. The van der Waals surface area contributed by atoms with Crippen LogP contribution in [0.4, 0.5) is 4.79 Å². The lowest BCUT2D eigenvalue weighted by Gasteiger charge is -2.32. The zero-order valence-electron chi connectivity index (χ0n) is 35.2. The first-order chi connectivity index (χ1) is 29.2. The quantitative estimate of drug-likeness (QED) is 0.134. The van der Waals surface area contributed by atoms with Crippen LogP contribution in [0.15, 0.2) is 84.9 Å². The van der Waals surface area contributed by atoms with Crippen molar-refractivity contribution in [1.82, 2.24) is 36.8 Å². The van der Waals surface area contributed by atoms with Gasteiger partial charge in [-0.1, -0.05) is 93.1 Å². The van der Waals surface area contributed by atoms with E-state index >= 15 is 0 Å². The number of nitrogens with one attached hydrogen (secondary N) is 6. The molecule has 8 N–H and O–H groups in total. The molecule has 0 aromatic heterocycles. The molecule has 0 aliphatic carbocycles.